The van der Waals surface area contributed by atoms with Crippen molar-refractivity contribution in [2.24, 2.45) is 0 Å². The zero-order valence-corrected chi connectivity index (χ0v) is 26.3. The fraction of sp³-hybridized carbons (Fsp3) is 0.387. The number of nitrogens with one attached hydrogen (secondary N) is 4. The second kappa shape index (κ2) is 12.2. The van der Waals surface area contributed by atoms with Crippen LogP contribution in [0.2, 0.25) is 24.3 Å². The van der Waals surface area contributed by atoms with E-state index in [-0.39, 0.29) is 12.1 Å². The van der Waals surface area contributed by atoms with Crippen molar-refractivity contribution in [3.05, 3.63) is 71.5 Å². The average molecular weight is 591 g/mol. The van der Waals surface area contributed by atoms with Crippen molar-refractivity contribution in [2.45, 2.75) is 70.4 Å². The second-order valence-electron chi connectivity index (χ2n) is 12.1. The summed E-state index contributed by atoms with van der Waals surface area (Å²) in [5, 5.41) is 7.05. The molecular formula is C31H39ClN6O2Si. The number of rotatable bonds is 8. The molecule has 2 aromatic carbocycles. The van der Waals surface area contributed by atoms with Gasteiger partial charge in [0.15, 0.2) is 0 Å². The maximum atomic E-state index is 12.5. The summed E-state index contributed by atoms with van der Waals surface area (Å²) in [5.41, 5.74) is 5.27. The SMILES string of the molecule is C[SiH](C)C[C@H](NC(=O)OC(C)(C)C)c1nc(-c2ccc(-c3ccc(-c4nc([C@@H]5CCCN5)[nH]c4Cl)cc3)cc2)c[nH]1. The van der Waals surface area contributed by atoms with Crippen molar-refractivity contribution in [3.63, 3.8) is 0 Å². The fourth-order valence-electron chi connectivity index (χ4n) is 5.12. The second-order valence-corrected chi connectivity index (χ2v) is 15.7. The molecule has 0 saturated carbocycles. The summed E-state index contributed by atoms with van der Waals surface area (Å²) in [6, 6.07) is 17.6. The van der Waals surface area contributed by atoms with Crippen LogP contribution in [0, 0.1) is 0 Å². The number of carbonyl (C=O) groups excluding carboxylic acids is 1. The molecule has 41 heavy (non-hydrogen) atoms. The lowest BCUT2D eigenvalue weighted by atomic mass is 10.0. The molecule has 8 nitrogen and oxygen atoms in total. The van der Waals surface area contributed by atoms with Crippen LogP contribution in [0.15, 0.2) is 54.7 Å². The molecule has 1 saturated heterocycles. The minimum absolute atomic E-state index is 0.211. The van der Waals surface area contributed by atoms with Crippen LogP contribution in [0.3, 0.4) is 0 Å². The summed E-state index contributed by atoms with van der Waals surface area (Å²) in [6.07, 6.45) is 3.69. The Bertz CT molecular complexity index is 1470. The number of aromatic nitrogens is 4. The Morgan fingerprint density at radius 3 is 2.27 bits per heavy atom. The Labute approximate surface area is 248 Å². The van der Waals surface area contributed by atoms with E-state index in [0.29, 0.717) is 5.15 Å². The standard InChI is InChI=1S/C31H39ClN6O2Si/c1-31(2,3)40-30(39)36-25(18-41(4)5)28-34-17-24(35-28)21-12-8-19(9-13-21)20-10-14-22(15-11-20)26-27(32)38-29(37-26)23-7-6-16-33-23/h8-15,17,23,25,33,41H,6-7,16,18H2,1-5H3,(H,34,35)(H,36,39)(H,37,38)/t23-,25-/m0/s1. The summed E-state index contributed by atoms with van der Waals surface area (Å²) in [6.45, 7) is 11.1. The van der Waals surface area contributed by atoms with Crippen molar-refractivity contribution in [3.8, 4) is 33.6 Å². The van der Waals surface area contributed by atoms with Crippen LogP contribution in [0.5, 0.6) is 0 Å². The highest BCUT2D eigenvalue weighted by Gasteiger charge is 2.24. The number of halogens is 1. The zero-order valence-electron chi connectivity index (χ0n) is 24.3. The van der Waals surface area contributed by atoms with Gasteiger partial charge >= 0.3 is 6.09 Å². The number of amides is 1. The number of hydrogen-bond acceptors (Lipinski definition) is 5. The van der Waals surface area contributed by atoms with E-state index in [1.807, 2.05) is 27.0 Å². The molecule has 4 N–H and O–H groups in total. The summed E-state index contributed by atoms with van der Waals surface area (Å²) in [5.74, 6) is 1.65. The summed E-state index contributed by atoms with van der Waals surface area (Å²) in [4.78, 5) is 28.6. The Balaban J connectivity index is 1.28. The van der Waals surface area contributed by atoms with Gasteiger partial charge in [-0.2, -0.15) is 0 Å². The molecule has 5 rings (SSSR count). The van der Waals surface area contributed by atoms with Gasteiger partial charge in [-0.15, -0.1) is 0 Å². The molecule has 3 heterocycles. The fourth-order valence-corrected chi connectivity index (χ4v) is 6.65. The molecule has 2 atom stereocenters. The van der Waals surface area contributed by atoms with Crippen molar-refractivity contribution < 1.29 is 9.53 Å². The lowest BCUT2D eigenvalue weighted by Gasteiger charge is -2.23. The summed E-state index contributed by atoms with van der Waals surface area (Å²) < 4.78 is 5.49. The van der Waals surface area contributed by atoms with Crippen molar-refractivity contribution >= 4 is 26.5 Å². The van der Waals surface area contributed by atoms with Crippen molar-refractivity contribution in [2.75, 3.05) is 6.54 Å². The third-order valence-electron chi connectivity index (χ3n) is 7.07. The Hall–Kier alpha value is -3.40. The van der Waals surface area contributed by atoms with Gasteiger partial charge in [0.25, 0.3) is 0 Å². The third-order valence-corrected chi connectivity index (χ3v) is 8.75. The number of benzene rings is 2. The van der Waals surface area contributed by atoms with Gasteiger partial charge in [0, 0.05) is 26.1 Å². The van der Waals surface area contributed by atoms with E-state index in [1.54, 1.807) is 0 Å². The van der Waals surface area contributed by atoms with Crippen molar-refractivity contribution in [1.29, 1.82) is 0 Å². The minimum Gasteiger partial charge on any atom is -0.444 e. The lowest BCUT2D eigenvalue weighted by Crippen LogP contribution is -2.36. The first-order chi connectivity index (χ1) is 19.6. The van der Waals surface area contributed by atoms with Gasteiger partial charge in [-0.1, -0.05) is 73.2 Å². The number of carbonyl (C=O) groups is 1. The monoisotopic (exact) mass is 590 g/mol. The average Bonchev–Trinajstić information content (AvgIpc) is 3.68. The van der Waals surface area contributed by atoms with Gasteiger partial charge in [-0.25, -0.2) is 14.8 Å². The molecule has 1 aliphatic rings. The molecule has 0 unspecified atom stereocenters. The topological polar surface area (TPSA) is 108 Å². The van der Waals surface area contributed by atoms with Crippen LogP contribution in [-0.2, 0) is 4.74 Å². The molecule has 1 amide bonds. The molecule has 0 bridgehead atoms. The smallest absolute Gasteiger partial charge is 0.408 e. The zero-order chi connectivity index (χ0) is 29.1. The molecule has 2 aromatic heterocycles. The van der Waals surface area contributed by atoms with Gasteiger partial charge in [-0.05, 0) is 57.3 Å². The molecule has 10 heteroatoms. The predicted octanol–water partition coefficient (Wildman–Crippen LogP) is 7.26. The van der Waals surface area contributed by atoms with Crippen LogP contribution in [0.4, 0.5) is 4.79 Å². The molecule has 4 aromatic rings. The van der Waals surface area contributed by atoms with E-state index < -0.39 is 20.5 Å². The maximum absolute atomic E-state index is 12.5. The van der Waals surface area contributed by atoms with Gasteiger partial charge < -0.3 is 25.3 Å². The molecule has 1 aliphatic heterocycles. The third kappa shape index (κ3) is 7.27. The Kier molecular flexibility index (Phi) is 8.68. The Morgan fingerprint density at radius 2 is 1.68 bits per heavy atom. The van der Waals surface area contributed by atoms with E-state index in [4.69, 9.17) is 26.3 Å². The Morgan fingerprint density at radius 1 is 1.05 bits per heavy atom. The minimum atomic E-state index is -0.994. The molecular weight excluding hydrogens is 552 g/mol. The number of ether oxygens (including phenoxy) is 1. The van der Waals surface area contributed by atoms with Crippen LogP contribution in [0.25, 0.3) is 33.6 Å². The number of H-pyrrole nitrogens is 2. The van der Waals surface area contributed by atoms with Gasteiger partial charge in [0.1, 0.15) is 28.1 Å². The molecule has 0 aliphatic carbocycles. The van der Waals surface area contributed by atoms with Crippen LogP contribution in [-0.4, -0.2) is 47.0 Å². The first-order valence-corrected chi connectivity index (χ1v) is 17.8. The van der Waals surface area contributed by atoms with Crippen molar-refractivity contribution in [1.82, 2.24) is 30.6 Å². The highest BCUT2D eigenvalue weighted by atomic mass is 35.5. The van der Waals surface area contributed by atoms with E-state index >= 15 is 0 Å². The van der Waals surface area contributed by atoms with E-state index in [9.17, 15) is 4.79 Å². The van der Waals surface area contributed by atoms with Crippen LogP contribution >= 0.6 is 11.6 Å². The highest BCUT2D eigenvalue weighted by molar-refractivity contribution is 6.55. The largest absolute Gasteiger partial charge is 0.444 e. The number of aromatic amines is 2. The predicted molar refractivity (Wildman–Crippen MR) is 168 cm³/mol. The van der Waals surface area contributed by atoms with Gasteiger partial charge in [-0.3, -0.25) is 0 Å². The highest BCUT2D eigenvalue weighted by Crippen LogP contribution is 2.32. The van der Waals surface area contributed by atoms with Gasteiger partial charge in [0.2, 0.25) is 0 Å². The van der Waals surface area contributed by atoms with Gasteiger partial charge in [0.05, 0.1) is 17.8 Å². The van der Waals surface area contributed by atoms with Crippen LogP contribution < -0.4 is 10.6 Å². The summed E-state index contributed by atoms with van der Waals surface area (Å²) >= 11 is 6.51. The quantitative estimate of drug-likeness (QED) is 0.161. The van der Waals surface area contributed by atoms with E-state index in [2.05, 4.69) is 82.2 Å². The normalized spacial score (nSPS) is 16.2. The number of nitrogens with zero attached hydrogens (tertiary/aromatic N) is 2. The first kappa shape index (κ1) is 29.1. The number of imidazole rings is 2. The van der Waals surface area contributed by atoms with Crippen LogP contribution in [0.1, 0.15) is 57.3 Å². The van der Waals surface area contributed by atoms with E-state index in [0.717, 1.165) is 70.7 Å². The summed E-state index contributed by atoms with van der Waals surface area (Å²) in [7, 11) is -0.994. The molecule has 0 radical (unpaired) electrons. The van der Waals surface area contributed by atoms with E-state index in [1.165, 1.54) is 0 Å². The maximum Gasteiger partial charge on any atom is 0.408 e. The number of alkyl carbamates (subject to hydrolysis) is 1. The molecule has 0 spiro atoms. The molecule has 1 fully saturated rings. The molecule has 216 valence electrons. The lowest BCUT2D eigenvalue weighted by molar-refractivity contribution is 0.0506. The first-order valence-electron chi connectivity index (χ1n) is 14.3. The number of hydrogen-bond donors (Lipinski definition) is 4.